The van der Waals surface area contributed by atoms with E-state index in [1.807, 2.05) is 12.1 Å². The molecule has 0 aliphatic carbocycles. The summed E-state index contributed by atoms with van der Waals surface area (Å²) in [6, 6.07) is 7.21. The van der Waals surface area contributed by atoms with Crippen molar-refractivity contribution in [3.8, 4) is 0 Å². The SMILES string of the molecule is NNC(c1ccc(Cl)cc1)c1cn[nH]n1. The van der Waals surface area contributed by atoms with Crippen LogP contribution in [-0.2, 0) is 0 Å². The van der Waals surface area contributed by atoms with Gasteiger partial charge in [0.25, 0.3) is 0 Å². The van der Waals surface area contributed by atoms with Crippen LogP contribution in [0.5, 0.6) is 0 Å². The second-order valence-electron chi connectivity index (χ2n) is 3.05. The van der Waals surface area contributed by atoms with Gasteiger partial charge >= 0.3 is 0 Å². The average Bonchev–Trinajstić information content (AvgIpc) is 2.75. The molecule has 78 valence electrons. The van der Waals surface area contributed by atoms with E-state index in [4.69, 9.17) is 17.4 Å². The normalized spacial score (nSPS) is 12.7. The Kier molecular flexibility index (Phi) is 2.96. The third-order valence-corrected chi connectivity index (χ3v) is 2.35. The molecule has 0 bridgehead atoms. The van der Waals surface area contributed by atoms with Crippen LogP contribution in [0.3, 0.4) is 0 Å². The molecule has 0 saturated heterocycles. The van der Waals surface area contributed by atoms with Crippen LogP contribution in [0.2, 0.25) is 5.02 Å². The molecule has 1 heterocycles. The highest BCUT2D eigenvalue weighted by Crippen LogP contribution is 2.20. The number of H-pyrrole nitrogens is 1. The van der Waals surface area contributed by atoms with Gasteiger partial charge in [0, 0.05) is 5.02 Å². The lowest BCUT2D eigenvalue weighted by Crippen LogP contribution is -2.29. The number of hydrazine groups is 1. The first-order valence-electron chi connectivity index (χ1n) is 4.38. The first kappa shape index (κ1) is 10.1. The summed E-state index contributed by atoms with van der Waals surface area (Å²) in [5.41, 5.74) is 4.39. The van der Waals surface area contributed by atoms with E-state index in [9.17, 15) is 0 Å². The zero-order chi connectivity index (χ0) is 10.7. The molecule has 5 nitrogen and oxygen atoms in total. The van der Waals surface area contributed by atoms with Crippen molar-refractivity contribution in [1.29, 1.82) is 0 Å². The van der Waals surface area contributed by atoms with Gasteiger partial charge in [-0.2, -0.15) is 15.4 Å². The molecular formula is C9H10ClN5. The van der Waals surface area contributed by atoms with Crippen molar-refractivity contribution in [3.63, 3.8) is 0 Å². The molecule has 2 aromatic rings. The highest BCUT2D eigenvalue weighted by Gasteiger charge is 2.14. The minimum Gasteiger partial charge on any atom is -0.271 e. The van der Waals surface area contributed by atoms with Gasteiger partial charge in [-0.25, -0.2) is 5.43 Å². The molecular weight excluding hydrogens is 214 g/mol. The maximum absolute atomic E-state index is 5.80. The molecule has 1 aromatic heterocycles. The Bertz CT molecular complexity index is 411. The Morgan fingerprint density at radius 2 is 2.07 bits per heavy atom. The molecule has 1 unspecified atom stereocenters. The minimum absolute atomic E-state index is 0.180. The summed E-state index contributed by atoms with van der Waals surface area (Å²) in [4.78, 5) is 0. The lowest BCUT2D eigenvalue weighted by molar-refractivity contribution is 0.618. The maximum Gasteiger partial charge on any atom is 0.105 e. The second kappa shape index (κ2) is 4.39. The van der Waals surface area contributed by atoms with Gasteiger partial charge in [-0.05, 0) is 17.7 Å². The van der Waals surface area contributed by atoms with Crippen LogP contribution in [0.1, 0.15) is 17.3 Å². The molecule has 0 aliphatic heterocycles. The van der Waals surface area contributed by atoms with E-state index in [1.54, 1.807) is 18.3 Å². The summed E-state index contributed by atoms with van der Waals surface area (Å²) in [7, 11) is 0. The predicted molar refractivity (Wildman–Crippen MR) is 57.0 cm³/mol. The molecule has 0 aliphatic rings. The third-order valence-electron chi connectivity index (χ3n) is 2.10. The van der Waals surface area contributed by atoms with Gasteiger partial charge in [-0.15, -0.1) is 0 Å². The Balaban J connectivity index is 2.31. The molecule has 0 saturated carbocycles. The topological polar surface area (TPSA) is 79.6 Å². The van der Waals surface area contributed by atoms with Crippen LogP contribution in [0.4, 0.5) is 0 Å². The monoisotopic (exact) mass is 223 g/mol. The van der Waals surface area contributed by atoms with E-state index in [-0.39, 0.29) is 6.04 Å². The molecule has 2 rings (SSSR count). The maximum atomic E-state index is 5.80. The van der Waals surface area contributed by atoms with Crippen molar-refractivity contribution in [1.82, 2.24) is 20.8 Å². The highest BCUT2D eigenvalue weighted by molar-refractivity contribution is 6.30. The standard InChI is InChI=1S/C9H10ClN5/c10-7-3-1-6(2-4-7)9(13-11)8-5-12-15-14-8/h1-5,9,13H,11H2,(H,12,14,15). The number of aromatic amines is 1. The van der Waals surface area contributed by atoms with E-state index in [0.717, 1.165) is 11.3 Å². The third kappa shape index (κ3) is 2.15. The Labute approximate surface area is 91.6 Å². The Morgan fingerprint density at radius 3 is 2.60 bits per heavy atom. The van der Waals surface area contributed by atoms with E-state index in [2.05, 4.69) is 20.8 Å². The molecule has 6 heteroatoms. The van der Waals surface area contributed by atoms with Crippen molar-refractivity contribution < 1.29 is 0 Å². The first-order valence-corrected chi connectivity index (χ1v) is 4.76. The zero-order valence-corrected chi connectivity index (χ0v) is 8.57. The number of rotatable bonds is 3. The fourth-order valence-corrected chi connectivity index (χ4v) is 1.48. The Morgan fingerprint density at radius 1 is 1.33 bits per heavy atom. The van der Waals surface area contributed by atoms with Crippen molar-refractivity contribution in [2.24, 2.45) is 5.84 Å². The molecule has 0 fully saturated rings. The van der Waals surface area contributed by atoms with E-state index < -0.39 is 0 Å². The predicted octanol–water partition coefficient (Wildman–Crippen LogP) is 1.01. The fourth-order valence-electron chi connectivity index (χ4n) is 1.36. The number of nitrogens with zero attached hydrogens (tertiary/aromatic N) is 2. The minimum atomic E-state index is -0.180. The molecule has 1 atom stereocenters. The zero-order valence-electron chi connectivity index (χ0n) is 7.81. The lowest BCUT2D eigenvalue weighted by atomic mass is 10.1. The fraction of sp³-hybridized carbons (Fsp3) is 0.111. The number of hydrogen-bond donors (Lipinski definition) is 3. The van der Waals surface area contributed by atoms with Crippen molar-refractivity contribution in [2.45, 2.75) is 6.04 Å². The number of halogens is 1. The van der Waals surface area contributed by atoms with Gasteiger partial charge < -0.3 is 0 Å². The summed E-state index contributed by atoms with van der Waals surface area (Å²) in [5, 5.41) is 10.9. The van der Waals surface area contributed by atoms with Crippen LogP contribution >= 0.6 is 11.6 Å². The molecule has 0 radical (unpaired) electrons. The number of nitrogens with one attached hydrogen (secondary N) is 2. The molecule has 0 spiro atoms. The van der Waals surface area contributed by atoms with Gasteiger partial charge in [-0.3, -0.25) is 5.84 Å². The lowest BCUT2D eigenvalue weighted by Gasteiger charge is -2.12. The van der Waals surface area contributed by atoms with Crippen molar-refractivity contribution in [3.05, 3.63) is 46.7 Å². The second-order valence-corrected chi connectivity index (χ2v) is 3.48. The van der Waals surface area contributed by atoms with E-state index in [1.165, 1.54) is 0 Å². The van der Waals surface area contributed by atoms with Gasteiger partial charge in [0.15, 0.2) is 0 Å². The molecule has 15 heavy (non-hydrogen) atoms. The number of benzene rings is 1. The molecule has 0 amide bonds. The largest absolute Gasteiger partial charge is 0.271 e. The number of nitrogens with two attached hydrogens (primary N) is 1. The number of aromatic nitrogens is 3. The summed E-state index contributed by atoms with van der Waals surface area (Å²) in [6.45, 7) is 0. The van der Waals surface area contributed by atoms with E-state index >= 15 is 0 Å². The summed E-state index contributed by atoms with van der Waals surface area (Å²) < 4.78 is 0. The molecule has 4 N–H and O–H groups in total. The van der Waals surface area contributed by atoms with Gasteiger partial charge in [0.1, 0.15) is 5.69 Å². The summed E-state index contributed by atoms with van der Waals surface area (Å²) in [5.74, 6) is 5.47. The van der Waals surface area contributed by atoms with Gasteiger partial charge in [-0.1, -0.05) is 23.7 Å². The quantitative estimate of drug-likeness (QED) is 0.536. The van der Waals surface area contributed by atoms with Crippen LogP contribution in [-0.4, -0.2) is 15.4 Å². The first-order chi connectivity index (χ1) is 7.31. The summed E-state index contributed by atoms with van der Waals surface area (Å²) in [6.07, 6.45) is 1.62. The van der Waals surface area contributed by atoms with E-state index in [0.29, 0.717) is 5.02 Å². The average molecular weight is 224 g/mol. The van der Waals surface area contributed by atoms with Crippen molar-refractivity contribution >= 4 is 11.6 Å². The number of hydrogen-bond acceptors (Lipinski definition) is 4. The molecule has 1 aromatic carbocycles. The van der Waals surface area contributed by atoms with Gasteiger partial charge in [0.05, 0.1) is 12.2 Å². The van der Waals surface area contributed by atoms with Crippen LogP contribution in [0.15, 0.2) is 30.5 Å². The Hall–Kier alpha value is -1.43. The smallest absolute Gasteiger partial charge is 0.105 e. The van der Waals surface area contributed by atoms with Gasteiger partial charge in [0.2, 0.25) is 0 Å². The van der Waals surface area contributed by atoms with Crippen LogP contribution in [0.25, 0.3) is 0 Å². The van der Waals surface area contributed by atoms with Crippen LogP contribution < -0.4 is 11.3 Å². The summed E-state index contributed by atoms with van der Waals surface area (Å²) >= 11 is 5.80. The highest BCUT2D eigenvalue weighted by atomic mass is 35.5. The van der Waals surface area contributed by atoms with Crippen molar-refractivity contribution in [2.75, 3.05) is 0 Å². The van der Waals surface area contributed by atoms with Crippen LogP contribution in [0, 0.1) is 0 Å².